The zero-order chi connectivity index (χ0) is 20.6. The van der Waals surface area contributed by atoms with Crippen LogP contribution in [0.5, 0.6) is 0 Å². The number of hydrogen-bond donors (Lipinski definition) is 1. The van der Waals surface area contributed by atoms with Crippen LogP contribution >= 0.6 is 0 Å². The van der Waals surface area contributed by atoms with Gasteiger partial charge >= 0.3 is 0 Å². The van der Waals surface area contributed by atoms with Crippen molar-refractivity contribution in [2.24, 2.45) is 0 Å². The number of rotatable bonds is 9. The number of nitrogens with one attached hydrogen (secondary N) is 1. The molecule has 0 bridgehead atoms. The minimum atomic E-state index is 1.04. The lowest BCUT2D eigenvalue weighted by molar-refractivity contribution is -0.927. The molecule has 0 aromatic heterocycles. The fourth-order valence-electron chi connectivity index (χ4n) is 3.61. The summed E-state index contributed by atoms with van der Waals surface area (Å²) in [6.45, 7) is 3.20. The quantitative estimate of drug-likeness (QED) is 0.600. The molecule has 0 aliphatic carbocycles. The first-order valence-electron chi connectivity index (χ1n) is 10.4. The number of hydrogen-bond acceptors (Lipinski definition) is 2. The second-order valence-corrected chi connectivity index (χ2v) is 8.21. The SMILES string of the molecule is CN(C)c1ccc(C[NH+](CCc2ccccc2)Cc2ccc(N(C)C)cc2)cc1. The van der Waals surface area contributed by atoms with Crippen LogP contribution in [0.25, 0.3) is 0 Å². The Balaban J connectivity index is 1.71. The smallest absolute Gasteiger partial charge is 0.103 e. The Morgan fingerprint density at radius 3 is 1.41 bits per heavy atom. The lowest BCUT2D eigenvalue weighted by Gasteiger charge is -2.21. The van der Waals surface area contributed by atoms with Crippen molar-refractivity contribution in [2.75, 3.05) is 44.5 Å². The number of quaternary nitrogens is 1. The molecule has 152 valence electrons. The predicted octanol–water partition coefficient (Wildman–Crippen LogP) is 3.65. The molecule has 1 N–H and O–H groups in total. The summed E-state index contributed by atoms with van der Waals surface area (Å²) in [5, 5.41) is 0. The van der Waals surface area contributed by atoms with Gasteiger partial charge in [0.1, 0.15) is 13.1 Å². The molecule has 3 rings (SSSR count). The van der Waals surface area contributed by atoms with Crippen molar-refractivity contribution >= 4 is 11.4 Å². The van der Waals surface area contributed by atoms with Crippen LogP contribution in [-0.4, -0.2) is 34.7 Å². The highest BCUT2D eigenvalue weighted by molar-refractivity contribution is 5.46. The van der Waals surface area contributed by atoms with Crippen LogP contribution in [-0.2, 0) is 19.5 Å². The molecule has 0 unspecified atom stereocenters. The maximum Gasteiger partial charge on any atom is 0.103 e. The van der Waals surface area contributed by atoms with Gasteiger partial charge in [-0.1, -0.05) is 54.6 Å². The van der Waals surface area contributed by atoms with Gasteiger partial charge in [-0.25, -0.2) is 0 Å². The zero-order valence-corrected chi connectivity index (χ0v) is 18.2. The summed E-state index contributed by atoms with van der Waals surface area (Å²) in [7, 11) is 8.35. The van der Waals surface area contributed by atoms with Crippen molar-refractivity contribution in [3.05, 3.63) is 95.6 Å². The highest BCUT2D eigenvalue weighted by atomic mass is 15.1. The van der Waals surface area contributed by atoms with Gasteiger partial charge in [0.25, 0.3) is 0 Å². The van der Waals surface area contributed by atoms with Crippen LogP contribution in [0.4, 0.5) is 11.4 Å². The Labute approximate surface area is 176 Å². The van der Waals surface area contributed by atoms with Gasteiger partial charge in [-0.15, -0.1) is 0 Å². The molecule has 3 aromatic rings. The summed E-state index contributed by atoms with van der Waals surface area (Å²) in [4.78, 5) is 5.88. The Morgan fingerprint density at radius 1 is 0.552 bits per heavy atom. The van der Waals surface area contributed by atoms with Crippen molar-refractivity contribution in [1.82, 2.24) is 0 Å². The van der Waals surface area contributed by atoms with Crippen LogP contribution in [0.15, 0.2) is 78.9 Å². The van der Waals surface area contributed by atoms with Crippen molar-refractivity contribution in [3.63, 3.8) is 0 Å². The first-order chi connectivity index (χ1) is 14.0. The average molecular weight is 389 g/mol. The monoisotopic (exact) mass is 388 g/mol. The van der Waals surface area contributed by atoms with E-state index in [9.17, 15) is 0 Å². The van der Waals surface area contributed by atoms with Crippen LogP contribution in [0.1, 0.15) is 16.7 Å². The molecule has 0 aliphatic rings. The van der Waals surface area contributed by atoms with Gasteiger partial charge in [0, 0.05) is 57.1 Å². The molecule has 29 heavy (non-hydrogen) atoms. The van der Waals surface area contributed by atoms with E-state index in [1.165, 1.54) is 28.1 Å². The van der Waals surface area contributed by atoms with E-state index in [4.69, 9.17) is 0 Å². The largest absolute Gasteiger partial charge is 0.378 e. The summed E-state index contributed by atoms with van der Waals surface area (Å²) >= 11 is 0. The van der Waals surface area contributed by atoms with E-state index in [1.807, 2.05) is 0 Å². The maximum absolute atomic E-state index is 2.27. The number of anilines is 2. The number of benzene rings is 3. The topological polar surface area (TPSA) is 10.9 Å². The molecule has 3 nitrogen and oxygen atoms in total. The Morgan fingerprint density at radius 2 is 1.00 bits per heavy atom. The number of nitrogens with zero attached hydrogens (tertiary/aromatic N) is 2. The Bertz CT molecular complexity index is 799. The molecule has 0 saturated carbocycles. The normalized spacial score (nSPS) is 10.9. The molecule has 0 fully saturated rings. The summed E-state index contributed by atoms with van der Waals surface area (Å²) in [5.74, 6) is 0. The van der Waals surface area contributed by atoms with Gasteiger partial charge in [-0.3, -0.25) is 0 Å². The second kappa shape index (κ2) is 10.1. The van der Waals surface area contributed by atoms with E-state index in [0.29, 0.717) is 0 Å². The minimum Gasteiger partial charge on any atom is -0.378 e. The fourth-order valence-corrected chi connectivity index (χ4v) is 3.61. The van der Waals surface area contributed by atoms with Crippen molar-refractivity contribution in [3.8, 4) is 0 Å². The molecular formula is C26H34N3+. The standard InChI is InChI=1S/C26H33N3/c1-27(2)25-14-10-23(11-15-25)20-29(19-18-22-8-6-5-7-9-22)21-24-12-16-26(17-13-24)28(3)4/h5-17H,18-21H2,1-4H3/p+1. The molecule has 0 heterocycles. The highest BCUT2D eigenvalue weighted by Gasteiger charge is 2.12. The minimum absolute atomic E-state index is 1.04. The third kappa shape index (κ3) is 6.37. The molecule has 0 atom stereocenters. The summed E-state index contributed by atoms with van der Waals surface area (Å²) in [5.41, 5.74) is 6.70. The van der Waals surface area contributed by atoms with Gasteiger partial charge in [0.15, 0.2) is 0 Å². The third-order valence-corrected chi connectivity index (χ3v) is 5.42. The lowest BCUT2D eigenvalue weighted by Crippen LogP contribution is -3.09. The van der Waals surface area contributed by atoms with Gasteiger partial charge in [-0.05, 0) is 29.8 Å². The Kier molecular flexibility index (Phi) is 7.31. The maximum atomic E-state index is 2.27. The first-order valence-corrected chi connectivity index (χ1v) is 10.4. The van der Waals surface area contributed by atoms with Crippen LogP contribution in [0, 0.1) is 0 Å². The van der Waals surface area contributed by atoms with Crippen molar-refractivity contribution in [1.29, 1.82) is 0 Å². The molecule has 3 aromatic carbocycles. The van der Waals surface area contributed by atoms with E-state index in [2.05, 4.69) is 117 Å². The molecule has 0 aliphatic heterocycles. The molecular weight excluding hydrogens is 354 g/mol. The van der Waals surface area contributed by atoms with Crippen LogP contribution in [0.3, 0.4) is 0 Å². The Hall–Kier alpha value is -2.78. The molecule has 3 heteroatoms. The van der Waals surface area contributed by atoms with Gasteiger partial charge < -0.3 is 14.7 Å². The summed E-state index contributed by atoms with van der Waals surface area (Å²) < 4.78 is 0. The van der Waals surface area contributed by atoms with Crippen molar-refractivity contribution in [2.45, 2.75) is 19.5 Å². The molecule has 0 saturated heterocycles. The van der Waals surface area contributed by atoms with E-state index in [-0.39, 0.29) is 0 Å². The predicted molar refractivity (Wildman–Crippen MR) is 125 cm³/mol. The van der Waals surface area contributed by atoms with Gasteiger partial charge in [0.05, 0.1) is 6.54 Å². The molecule has 0 amide bonds. The third-order valence-electron chi connectivity index (χ3n) is 5.42. The summed E-state index contributed by atoms with van der Waals surface area (Å²) in [6.07, 6.45) is 1.10. The zero-order valence-electron chi connectivity index (χ0n) is 18.2. The average Bonchev–Trinajstić information content (AvgIpc) is 2.73. The van der Waals surface area contributed by atoms with Gasteiger partial charge in [0.2, 0.25) is 0 Å². The van der Waals surface area contributed by atoms with E-state index < -0.39 is 0 Å². The fraction of sp³-hybridized carbons (Fsp3) is 0.308. The first kappa shape index (κ1) is 20.9. The van der Waals surface area contributed by atoms with E-state index in [1.54, 1.807) is 4.90 Å². The molecule has 0 spiro atoms. The highest BCUT2D eigenvalue weighted by Crippen LogP contribution is 2.13. The van der Waals surface area contributed by atoms with Gasteiger partial charge in [-0.2, -0.15) is 0 Å². The van der Waals surface area contributed by atoms with Crippen LogP contribution < -0.4 is 14.7 Å². The molecule has 0 radical (unpaired) electrons. The lowest BCUT2D eigenvalue weighted by atomic mass is 10.1. The van der Waals surface area contributed by atoms with Crippen LogP contribution in [0.2, 0.25) is 0 Å². The summed E-state index contributed by atoms with van der Waals surface area (Å²) in [6, 6.07) is 28.8. The second-order valence-electron chi connectivity index (χ2n) is 8.21. The van der Waals surface area contributed by atoms with E-state index >= 15 is 0 Å². The van der Waals surface area contributed by atoms with Crippen molar-refractivity contribution < 1.29 is 4.90 Å². The van der Waals surface area contributed by atoms with E-state index in [0.717, 1.165) is 26.1 Å².